The highest BCUT2D eigenvalue weighted by Gasteiger charge is 2.28. The molecule has 0 bridgehead atoms. The lowest BCUT2D eigenvalue weighted by atomic mass is 10.2. The molecule has 1 saturated heterocycles. The van der Waals surface area contributed by atoms with Gasteiger partial charge in [-0.25, -0.2) is 0 Å². The highest BCUT2D eigenvalue weighted by Crippen LogP contribution is 2.29. The van der Waals surface area contributed by atoms with Gasteiger partial charge in [0.2, 0.25) is 17.8 Å². The second-order valence-corrected chi connectivity index (χ2v) is 7.90. The predicted octanol–water partition coefficient (Wildman–Crippen LogP) is 2.89. The van der Waals surface area contributed by atoms with Gasteiger partial charge in [0.25, 0.3) is 0 Å². The van der Waals surface area contributed by atoms with Crippen molar-refractivity contribution in [3.63, 3.8) is 0 Å². The van der Waals surface area contributed by atoms with Gasteiger partial charge in [-0.2, -0.15) is 28.1 Å². The van der Waals surface area contributed by atoms with Crippen LogP contribution in [0.5, 0.6) is 5.75 Å². The van der Waals surface area contributed by atoms with Crippen molar-refractivity contribution in [2.75, 3.05) is 60.3 Å². The topological polar surface area (TPSA) is 104 Å². The SMILES string of the molecule is COc1ccccc1N1CCN(c2nc(NCc3cnc(C)cn3)nc(NCC(F)(F)F)n2)CC1. The molecule has 1 aromatic carbocycles. The Bertz CT molecular complexity index is 1120. The number of para-hydroxylation sites is 2. The standard InChI is InChI=1S/C22H26F3N9O/c1-15-11-27-16(12-26-15)13-28-19-30-20(29-14-22(23,24)25)32-21(31-19)34-9-7-33(8-10-34)17-5-3-4-6-18(17)35-2/h3-6,11-12H,7-10,13-14H2,1-2H3,(H2,28,29,30,31,32). The van der Waals surface area contributed by atoms with Gasteiger partial charge in [0.05, 0.1) is 36.9 Å². The number of ether oxygens (including phenoxy) is 1. The minimum atomic E-state index is -4.40. The molecule has 186 valence electrons. The first kappa shape index (κ1) is 24.2. The van der Waals surface area contributed by atoms with Crippen molar-refractivity contribution in [3.05, 3.63) is 48.0 Å². The maximum absolute atomic E-state index is 12.8. The zero-order valence-corrected chi connectivity index (χ0v) is 19.4. The Balaban J connectivity index is 1.49. The van der Waals surface area contributed by atoms with Crippen LogP contribution >= 0.6 is 0 Å². The summed E-state index contributed by atoms with van der Waals surface area (Å²) in [5.41, 5.74) is 2.41. The first-order valence-electron chi connectivity index (χ1n) is 11.0. The zero-order valence-electron chi connectivity index (χ0n) is 19.4. The molecule has 4 rings (SSSR count). The predicted molar refractivity (Wildman–Crippen MR) is 126 cm³/mol. The van der Waals surface area contributed by atoms with Crippen molar-refractivity contribution in [2.45, 2.75) is 19.6 Å². The molecule has 1 fully saturated rings. The molecule has 0 saturated carbocycles. The van der Waals surface area contributed by atoms with Crippen LogP contribution in [-0.4, -0.2) is 70.9 Å². The molecule has 35 heavy (non-hydrogen) atoms. The van der Waals surface area contributed by atoms with Gasteiger partial charge in [0.15, 0.2) is 0 Å². The van der Waals surface area contributed by atoms with Gasteiger partial charge >= 0.3 is 6.18 Å². The number of anilines is 4. The number of nitrogens with zero attached hydrogens (tertiary/aromatic N) is 7. The van der Waals surface area contributed by atoms with Gasteiger partial charge in [-0.3, -0.25) is 9.97 Å². The van der Waals surface area contributed by atoms with E-state index >= 15 is 0 Å². The third-order valence-electron chi connectivity index (χ3n) is 5.32. The molecule has 1 aliphatic heterocycles. The first-order valence-corrected chi connectivity index (χ1v) is 11.0. The molecule has 0 spiro atoms. The molecular formula is C22H26F3N9O. The Morgan fingerprint density at radius 3 is 2.26 bits per heavy atom. The number of benzene rings is 1. The summed E-state index contributed by atoms with van der Waals surface area (Å²) < 4.78 is 43.8. The number of hydrogen-bond donors (Lipinski definition) is 2. The van der Waals surface area contributed by atoms with Gasteiger partial charge in [0, 0.05) is 32.4 Å². The molecule has 0 atom stereocenters. The van der Waals surface area contributed by atoms with E-state index in [2.05, 4.69) is 40.5 Å². The summed E-state index contributed by atoms with van der Waals surface area (Å²) in [5, 5.41) is 5.26. The second-order valence-electron chi connectivity index (χ2n) is 7.90. The van der Waals surface area contributed by atoms with Crippen molar-refractivity contribution in [1.82, 2.24) is 24.9 Å². The van der Waals surface area contributed by atoms with E-state index in [1.807, 2.05) is 36.1 Å². The largest absolute Gasteiger partial charge is 0.495 e. The number of aryl methyl sites for hydroxylation is 1. The van der Waals surface area contributed by atoms with E-state index in [9.17, 15) is 13.2 Å². The summed E-state index contributed by atoms with van der Waals surface area (Å²) in [6, 6.07) is 7.76. The van der Waals surface area contributed by atoms with Crippen LogP contribution in [0.25, 0.3) is 0 Å². The van der Waals surface area contributed by atoms with Gasteiger partial charge < -0.3 is 25.2 Å². The lowest BCUT2D eigenvalue weighted by Crippen LogP contribution is -2.47. The molecule has 13 heteroatoms. The number of aromatic nitrogens is 5. The molecule has 1 aliphatic rings. The summed E-state index contributed by atoms with van der Waals surface area (Å²) in [4.78, 5) is 25.3. The Labute approximate surface area is 200 Å². The Morgan fingerprint density at radius 2 is 1.60 bits per heavy atom. The quantitative estimate of drug-likeness (QED) is 0.491. The smallest absolute Gasteiger partial charge is 0.405 e. The van der Waals surface area contributed by atoms with Gasteiger partial charge in [-0.05, 0) is 19.1 Å². The van der Waals surface area contributed by atoms with E-state index in [0.29, 0.717) is 37.8 Å². The van der Waals surface area contributed by atoms with Crippen molar-refractivity contribution in [3.8, 4) is 5.75 Å². The van der Waals surface area contributed by atoms with Crippen LogP contribution in [0.4, 0.5) is 36.7 Å². The van der Waals surface area contributed by atoms with E-state index < -0.39 is 12.7 Å². The first-order chi connectivity index (χ1) is 16.8. The van der Waals surface area contributed by atoms with E-state index in [-0.39, 0.29) is 18.4 Å². The highest BCUT2D eigenvalue weighted by atomic mass is 19.4. The highest BCUT2D eigenvalue weighted by molar-refractivity contribution is 5.59. The lowest BCUT2D eigenvalue weighted by Gasteiger charge is -2.36. The van der Waals surface area contributed by atoms with Gasteiger partial charge in [-0.1, -0.05) is 12.1 Å². The number of rotatable bonds is 8. The monoisotopic (exact) mass is 489 g/mol. The number of hydrogen-bond acceptors (Lipinski definition) is 10. The number of piperazine rings is 1. The zero-order chi connectivity index (χ0) is 24.8. The van der Waals surface area contributed by atoms with Crippen LogP contribution in [-0.2, 0) is 6.54 Å². The molecule has 3 heterocycles. The van der Waals surface area contributed by atoms with Crippen LogP contribution in [0.2, 0.25) is 0 Å². The normalized spacial score (nSPS) is 14.1. The van der Waals surface area contributed by atoms with Crippen molar-refractivity contribution >= 4 is 23.5 Å². The average Bonchev–Trinajstić information content (AvgIpc) is 2.87. The maximum atomic E-state index is 12.8. The summed E-state index contributed by atoms with van der Waals surface area (Å²) in [6.45, 7) is 3.32. The number of halogens is 3. The van der Waals surface area contributed by atoms with Crippen LogP contribution in [0.3, 0.4) is 0 Å². The van der Waals surface area contributed by atoms with E-state index in [0.717, 1.165) is 17.1 Å². The van der Waals surface area contributed by atoms with Crippen molar-refractivity contribution in [1.29, 1.82) is 0 Å². The fourth-order valence-electron chi connectivity index (χ4n) is 3.56. The number of methoxy groups -OCH3 is 1. The fourth-order valence-corrected chi connectivity index (χ4v) is 3.56. The minimum Gasteiger partial charge on any atom is -0.495 e. The van der Waals surface area contributed by atoms with Crippen LogP contribution in [0.15, 0.2) is 36.7 Å². The average molecular weight is 490 g/mol. The van der Waals surface area contributed by atoms with E-state index in [1.54, 1.807) is 19.5 Å². The third-order valence-corrected chi connectivity index (χ3v) is 5.32. The van der Waals surface area contributed by atoms with Crippen LogP contribution < -0.4 is 25.2 Å². The van der Waals surface area contributed by atoms with Crippen LogP contribution in [0, 0.1) is 6.92 Å². The Morgan fingerprint density at radius 1 is 0.914 bits per heavy atom. The van der Waals surface area contributed by atoms with Crippen molar-refractivity contribution in [2.24, 2.45) is 0 Å². The fraction of sp³-hybridized carbons (Fsp3) is 0.409. The molecule has 10 nitrogen and oxygen atoms in total. The Kier molecular flexibility index (Phi) is 7.32. The van der Waals surface area contributed by atoms with E-state index in [4.69, 9.17) is 4.74 Å². The summed E-state index contributed by atoms with van der Waals surface area (Å²) in [6.07, 6.45) is -1.16. The molecule has 3 aromatic rings. The maximum Gasteiger partial charge on any atom is 0.405 e. The summed E-state index contributed by atoms with van der Waals surface area (Å²) >= 11 is 0. The molecular weight excluding hydrogens is 463 g/mol. The van der Waals surface area contributed by atoms with Gasteiger partial charge in [0.1, 0.15) is 12.3 Å². The van der Waals surface area contributed by atoms with Crippen molar-refractivity contribution < 1.29 is 17.9 Å². The molecule has 0 unspecified atom stereocenters. The summed E-state index contributed by atoms with van der Waals surface area (Å²) in [5.74, 6) is 1.07. The molecule has 0 radical (unpaired) electrons. The Hall–Kier alpha value is -3.90. The van der Waals surface area contributed by atoms with Gasteiger partial charge in [-0.15, -0.1) is 0 Å². The molecule has 0 amide bonds. The van der Waals surface area contributed by atoms with E-state index in [1.165, 1.54) is 0 Å². The van der Waals surface area contributed by atoms with Crippen LogP contribution in [0.1, 0.15) is 11.4 Å². The molecule has 2 N–H and O–H groups in total. The third kappa shape index (κ3) is 6.58. The minimum absolute atomic E-state index is 0.147. The number of alkyl halides is 3. The summed E-state index contributed by atoms with van der Waals surface area (Å²) in [7, 11) is 1.63. The lowest BCUT2D eigenvalue weighted by molar-refractivity contribution is -0.115. The number of nitrogens with one attached hydrogen (secondary N) is 2. The second kappa shape index (κ2) is 10.6. The molecule has 0 aliphatic carbocycles. The molecule has 2 aromatic heterocycles.